The molecule has 2 aliphatic rings. The Labute approximate surface area is 274 Å². The number of Topliss-reactive ketones (excluding diaryl/α,β-unsaturated/α-hetero) is 1. The lowest BCUT2D eigenvalue weighted by Crippen LogP contribution is -2.40. The minimum atomic E-state index is -0.632. The number of pyridine rings is 1. The molecule has 0 spiro atoms. The number of carbonyl (C=O) groups excluding carboxylic acids is 3. The highest BCUT2D eigenvalue weighted by atomic mass is 19.1. The van der Waals surface area contributed by atoms with Crippen LogP contribution in [0.3, 0.4) is 0 Å². The molecular formula is C36H42FN5O5. The molecule has 10 nitrogen and oxygen atoms in total. The Kier molecular flexibility index (Phi) is 9.12. The van der Waals surface area contributed by atoms with Gasteiger partial charge in [0.2, 0.25) is 0 Å². The van der Waals surface area contributed by atoms with E-state index >= 15 is 0 Å². The van der Waals surface area contributed by atoms with Crippen LogP contribution in [-0.4, -0.2) is 51.8 Å². The number of ether oxygens (including phenoxy) is 2. The van der Waals surface area contributed by atoms with Crippen molar-refractivity contribution in [1.82, 2.24) is 20.5 Å². The smallest absolute Gasteiger partial charge is 0.407 e. The quantitative estimate of drug-likeness (QED) is 0.220. The second-order valence-electron chi connectivity index (χ2n) is 14.7. The minimum Gasteiger partial charge on any atom is -0.460 e. The fourth-order valence-corrected chi connectivity index (χ4v) is 5.74. The molecule has 2 aromatic heterocycles. The van der Waals surface area contributed by atoms with Gasteiger partial charge in [-0.2, -0.15) is 5.10 Å². The van der Waals surface area contributed by atoms with Crippen LogP contribution in [0.5, 0.6) is 0 Å². The fourth-order valence-electron chi connectivity index (χ4n) is 5.74. The van der Waals surface area contributed by atoms with Gasteiger partial charge in [0, 0.05) is 52.9 Å². The van der Waals surface area contributed by atoms with Gasteiger partial charge in [-0.25, -0.2) is 14.0 Å². The molecule has 1 aliphatic heterocycles. The van der Waals surface area contributed by atoms with Gasteiger partial charge in [0.05, 0.1) is 12.3 Å². The average molecular weight is 644 g/mol. The zero-order valence-electron chi connectivity index (χ0n) is 27.9. The van der Waals surface area contributed by atoms with Crippen molar-refractivity contribution in [2.24, 2.45) is 10.8 Å². The average Bonchev–Trinajstić information content (AvgIpc) is 3.40. The normalized spacial score (nSPS) is 17.5. The monoisotopic (exact) mass is 643 g/mol. The summed E-state index contributed by atoms with van der Waals surface area (Å²) >= 11 is 0. The number of ketones is 1. The number of amides is 1. The molecule has 0 saturated carbocycles. The lowest BCUT2D eigenvalue weighted by Gasteiger charge is -2.37. The summed E-state index contributed by atoms with van der Waals surface area (Å²) < 4.78 is 24.8. The van der Waals surface area contributed by atoms with Crippen LogP contribution in [-0.2, 0) is 14.3 Å². The molecule has 3 N–H and O–H groups in total. The molecule has 0 radical (unpaired) electrons. The summed E-state index contributed by atoms with van der Waals surface area (Å²) in [6.07, 6.45) is 5.79. The van der Waals surface area contributed by atoms with Gasteiger partial charge in [0.1, 0.15) is 17.1 Å². The molecule has 3 heterocycles. The van der Waals surface area contributed by atoms with Gasteiger partial charge >= 0.3 is 12.1 Å². The van der Waals surface area contributed by atoms with Crippen LogP contribution >= 0.6 is 0 Å². The van der Waals surface area contributed by atoms with E-state index in [2.05, 4.69) is 25.8 Å². The van der Waals surface area contributed by atoms with Crippen molar-refractivity contribution in [2.75, 3.05) is 18.5 Å². The van der Waals surface area contributed by atoms with Gasteiger partial charge < -0.3 is 20.1 Å². The number of halogens is 1. The van der Waals surface area contributed by atoms with Gasteiger partial charge in [0.15, 0.2) is 11.6 Å². The van der Waals surface area contributed by atoms with Crippen molar-refractivity contribution in [3.8, 4) is 11.1 Å². The number of anilines is 1. The topological polar surface area (TPSA) is 135 Å². The molecule has 0 fully saturated rings. The summed E-state index contributed by atoms with van der Waals surface area (Å²) in [6, 6.07) is 9.98. The Morgan fingerprint density at radius 1 is 1.11 bits per heavy atom. The Bertz CT molecular complexity index is 1750. The Balaban J connectivity index is 1.39. The van der Waals surface area contributed by atoms with E-state index in [4.69, 9.17) is 9.47 Å². The third-order valence-corrected chi connectivity index (χ3v) is 7.93. The molecule has 1 aromatic carbocycles. The molecule has 5 rings (SSSR count). The minimum absolute atomic E-state index is 0.00596. The van der Waals surface area contributed by atoms with Crippen LogP contribution in [0.25, 0.3) is 17.2 Å². The predicted octanol–water partition coefficient (Wildman–Crippen LogP) is 7.18. The van der Waals surface area contributed by atoms with E-state index < -0.39 is 29.0 Å². The van der Waals surface area contributed by atoms with Gasteiger partial charge in [-0.1, -0.05) is 52.0 Å². The number of rotatable bonds is 8. The molecule has 0 bridgehead atoms. The van der Waals surface area contributed by atoms with E-state index in [1.54, 1.807) is 39.1 Å². The maximum Gasteiger partial charge on any atom is 0.407 e. The number of carbonyl (C=O) groups is 3. The van der Waals surface area contributed by atoms with Gasteiger partial charge in [0.25, 0.3) is 0 Å². The third kappa shape index (κ3) is 8.14. The number of hydrogen-bond acceptors (Lipinski definition) is 8. The second kappa shape index (κ2) is 12.8. The Hall–Kier alpha value is -4.80. The highest BCUT2D eigenvalue weighted by Gasteiger charge is 2.42. The lowest BCUT2D eigenvalue weighted by molar-refractivity contribution is -0.118. The summed E-state index contributed by atoms with van der Waals surface area (Å²) in [7, 11) is 0. The first-order chi connectivity index (χ1) is 22.0. The van der Waals surface area contributed by atoms with E-state index in [9.17, 15) is 18.8 Å². The summed E-state index contributed by atoms with van der Waals surface area (Å²) in [5.41, 5.74) is 2.65. The first-order valence-electron chi connectivity index (χ1n) is 15.7. The van der Waals surface area contributed by atoms with E-state index in [0.29, 0.717) is 41.1 Å². The molecule has 47 heavy (non-hydrogen) atoms. The largest absolute Gasteiger partial charge is 0.460 e. The molecule has 0 saturated heterocycles. The summed E-state index contributed by atoms with van der Waals surface area (Å²) in [5, 5.41) is 13.3. The summed E-state index contributed by atoms with van der Waals surface area (Å²) in [5.74, 6) is -1.09. The molecule has 11 heteroatoms. The highest BCUT2D eigenvalue weighted by Crippen LogP contribution is 2.47. The van der Waals surface area contributed by atoms with Crippen molar-refractivity contribution in [2.45, 2.75) is 72.8 Å². The molecule has 1 aliphatic carbocycles. The summed E-state index contributed by atoms with van der Waals surface area (Å²) in [4.78, 5) is 43.8. The second-order valence-corrected chi connectivity index (χ2v) is 14.7. The SMILES string of the molecule is CC(C)(CNC(=O)OC(C)(C)C)COC(=O)c1[nH]nc2c1C(C=Cc1ccc(-c3cccc(F)c3)cn1)C1=C(CC(C)(C)CC1=O)N2. The van der Waals surface area contributed by atoms with Crippen LogP contribution < -0.4 is 10.6 Å². The van der Waals surface area contributed by atoms with Crippen molar-refractivity contribution < 1.29 is 28.2 Å². The zero-order valence-corrected chi connectivity index (χ0v) is 27.9. The Morgan fingerprint density at radius 3 is 2.55 bits per heavy atom. The number of esters is 1. The number of nitrogens with one attached hydrogen (secondary N) is 3. The molecule has 1 unspecified atom stereocenters. The van der Waals surface area contributed by atoms with Crippen molar-refractivity contribution in [3.63, 3.8) is 0 Å². The molecule has 248 valence electrons. The first-order valence-corrected chi connectivity index (χ1v) is 15.7. The van der Waals surface area contributed by atoms with Gasteiger partial charge in [-0.3, -0.25) is 14.9 Å². The van der Waals surface area contributed by atoms with E-state index in [-0.39, 0.29) is 35.9 Å². The van der Waals surface area contributed by atoms with Crippen molar-refractivity contribution in [1.29, 1.82) is 0 Å². The zero-order chi connectivity index (χ0) is 34.1. The number of aromatic nitrogens is 3. The molecule has 3 aromatic rings. The van der Waals surface area contributed by atoms with Gasteiger partial charge in [-0.05, 0) is 62.4 Å². The number of fused-ring (bicyclic) bond motifs is 1. The van der Waals surface area contributed by atoms with E-state index in [0.717, 1.165) is 11.3 Å². The summed E-state index contributed by atoms with van der Waals surface area (Å²) in [6.45, 7) is 13.4. The molecule has 1 atom stereocenters. The number of allylic oxidation sites excluding steroid dienone is 3. The maximum absolute atomic E-state index is 13.7. The van der Waals surface area contributed by atoms with Crippen LogP contribution in [0.15, 0.2) is 59.9 Å². The number of aromatic amines is 1. The van der Waals surface area contributed by atoms with Crippen LogP contribution in [0.4, 0.5) is 15.0 Å². The number of alkyl carbamates (subject to hydrolysis) is 1. The van der Waals surface area contributed by atoms with E-state index in [1.165, 1.54) is 12.1 Å². The van der Waals surface area contributed by atoms with Crippen LogP contribution in [0.2, 0.25) is 0 Å². The maximum atomic E-state index is 13.7. The highest BCUT2D eigenvalue weighted by molar-refractivity contribution is 6.03. The Morgan fingerprint density at radius 2 is 1.87 bits per heavy atom. The van der Waals surface area contributed by atoms with Gasteiger partial charge in [-0.15, -0.1) is 0 Å². The lowest BCUT2D eigenvalue weighted by atomic mass is 9.70. The number of benzene rings is 1. The fraction of sp³-hybridized carbons (Fsp3) is 0.417. The number of H-pyrrole nitrogens is 1. The van der Waals surface area contributed by atoms with Crippen LogP contribution in [0.1, 0.15) is 89.0 Å². The molecule has 1 amide bonds. The number of hydrogen-bond donors (Lipinski definition) is 3. The van der Waals surface area contributed by atoms with E-state index in [1.807, 2.05) is 52.0 Å². The molecular weight excluding hydrogens is 601 g/mol. The third-order valence-electron chi connectivity index (χ3n) is 7.93. The number of nitrogens with zero attached hydrogens (tertiary/aromatic N) is 2. The van der Waals surface area contributed by atoms with Crippen molar-refractivity contribution in [3.05, 3.63) is 82.7 Å². The first kappa shape index (κ1) is 33.6. The predicted molar refractivity (Wildman–Crippen MR) is 177 cm³/mol. The van der Waals surface area contributed by atoms with Crippen LogP contribution in [0, 0.1) is 16.6 Å². The van der Waals surface area contributed by atoms with Crippen molar-refractivity contribution >= 4 is 29.7 Å². The standard InChI is InChI=1S/C36H42FN5O5/c1-34(2,3)47-33(45)39-19-36(6,7)20-46-32(44)30-29-25(28-26(40-31(29)42-41-30)16-35(4,5)17-27(28)43)14-13-24-12-11-22(18-38-24)21-9-8-10-23(37)15-21/h8-15,18,25H,16-17,19-20H2,1-7H3,(H,39,45)(H2,40,41,42).